The van der Waals surface area contributed by atoms with E-state index in [0.717, 1.165) is 38.5 Å². The van der Waals surface area contributed by atoms with E-state index in [1.54, 1.807) is 0 Å². The average molecular weight is 808 g/mol. The Balaban J connectivity index is -0.0000130. The smallest absolute Gasteiger partial charge is 0.756 e. The zero-order valence-electron chi connectivity index (χ0n) is 35.1. The van der Waals surface area contributed by atoms with Crippen molar-refractivity contribution in [1.29, 1.82) is 0 Å². The van der Waals surface area contributed by atoms with Crippen molar-refractivity contribution < 1.29 is 107 Å². The Morgan fingerprint density at radius 1 is 0.519 bits per heavy atom. The molecule has 1 unspecified atom stereocenters. The number of rotatable bonds is 40. The fourth-order valence-corrected chi connectivity index (χ4v) is 6.76. The number of unbranched alkanes of at least 4 members (excludes halogenated alkanes) is 26. The third-order valence-electron chi connectivity index (χ3n) is 9.33. The summed E-state index contributed by atoms with van der Waals surface area (Å²) in [5.74, 6) is -2.69. The summed E-state index contributed by atoms with van der Waals surface area (Å²) in [4.78, 5) is 47.8. The molecule has 3 atom stereocenters. The first kappa shape index (κ1) is 58.8. The van der Waals surface area contributed by atoms with Gasteiger partial charge in [0.25, 0.3) is 7.82 Å². The first-order valence-electron chi connectivity index (χ1n) is 21.0. The third kappa shape index (κ3) is 42.1. The maximum Gasteiger partial charge on any atom is 1.00 e. The second-order valence-electron chi connectivity index (χ2n) is 14.5. The molecule has 0 aliphatic rings. The van der Waals surface area contributed by atoms with Gasteiger partial charge in [-0.1, -0.05) is 181 Å². The van der Waals surface area contributed by atoms with Crippen molar-refractivity contribution >= 4 is 25.7 Å². The summed E-state index contributed by atoms with van der Waals surface area (Å²) in [6.45, 7) is 2.57. The van der Waals surface area contributed by atoms with Crippen LogP contribution in [0.15, 0.2) is 0 Å². The monoisotopic (exact) mass is 808 g/mol. The standard InChI is InChI=1S/C40H78NO10P.2Na/c1-3-5-7-9-11-13-15-17-19-21-23-25-27-29-31-38(42)48-33-36(34-49-52(46,47)50-35-37(41)40(44)45)51-39(43)32-30-28-26-24-22-20-18-16-14-12-10-8-6-4-2;;/h36-37H,3-35,41H2,1-2H3,(H,44,45)(H,46,47);;/q;2*+1/p-2/t36-,37+;;/m1../s1. The molecule has 0 saturated heterocycles. The van der Waals surface area contributed by atoms with Crippen LogP contribution in [-0.2, 0) is 37.5 Å². The molecule has 0 saturated carbocycles. The summed E-state index contributed by atoms with van der Waals surface area (Å²) in [7, 11) is -4.98. The van der Waals surface area contributed by atoms with Crippen LogP contribution in [0.1, 0.15) is 206 Å². The van der Waals surface area contributed by atoms with Crippen LogP contribution in [0.5, 0.6) is 0 Å². The number of hydrogen-bond donors (Lipinski definition) is 1. The molecule has 14 heteroatoms. The van der Waals surface area contributed by atoms with Crippen LogP contribution < -0.4 is 74.8 Å². The third-order valence-corrected chi connectivity index (χ3v) is 10.3. The molecule has 11 nitrogen and oxygen atoms in total. The SMILES string of the molecule is CCCCCCCCCCCCCCCCC(=O)OC[C@H](COP(=O)([O-])OC[C@H](N)C(=O)[O-])OC(=O)CCCCCCCCCCCCCCCC.[Na+].[Na+]. The predicted octanol–water partition coefficient (Wildman–Crippen LogP) is 2.77. The normalized spacial score (nSPS) is 13.3. The number of phosphoric acid groups is 1. The summed E-state index contributed by atoms with van der Waals surface area (Å²) in [5.41, 5.74) is 5.24. The second-order valence-corrected chi connectivity index (χ2v) is 15.9. The van der Waals surface area contributed by atoms with Crippen molar-refractivity contribution in [2.24, 2.45) is 5.73 Å². The summed E-state index contributed by atoms with van der Waals surface area (Å²) in [5, 5.41) is 10.8. The van der Waals surface area contributed by atoms with Gasteiger partial charge in [-0.2, -0.15) is 0 Å². The molecule has 0 aliphatic carbocycles. The van der Waals surface area contributed by atoms with Crippen molar-refractivity contribution in [2.45, 2.75) is 219 Å². The first-order valence-corrected chi connectivity index (χ1v) is 22.5. The first-order chi connectivity index (χ1) is 25.1. The summed E-state index contributed by atoms with van der Waals surface area (Å²) < 4.78 is 32.2. The number of carboxylic acid groups (broad SMARTS) is 1. The minimum absolute atomic E-state index is 0. The Bertz CT molecular complexity index is 918. The van der Waals surface area contributed by atoms with E-state index in [-0.39, 0.29) is 78.6 Å². The summed E-state index contributed by atoms with van der Waals surface area (Å²) in [6.07, 6.45) is 32.7. The van der Waals surface area contributed by atoms with Crippen LogP contribution in [0.4, 0.5) is 0 Å². The number of ether oxygens (including phenoxy) is 2. The molecule has 0 aromatic heterocycles. The fraction of sp³-hybridized carbons (Fsp3) is 0.925. The van der Waals surface area contributed by atoms with Gasteiger partial charge in [-0.3, -0.25) is 14.2 Å². The zero-order chi connectivity index (χ0) is 38.5. The minimum atomic E-state index is -4.98. The van der Waals surface area contributed by atoms with Gasteiger partial charge in [0.05, 0.1) is 25.2 Å². The van der Waals surface area contributed by atoms with Crippen molar-refractivity contribution in [3.05, 3.63) is 0 Å². The molecule has 0 radical (unpaired) electrons. The van der Waals surface area contributed by atoms with Gasteiger partial charge in [-0.25, -0.2) is 0 Å². The van der Waals surface area contributed by atoms with Gasteiger partial charge in [0.15, 0.2) is 6.10 Å². The van der Waals surface area contributed by atoms with Crippen LogP contribution >= 0.6 is 7.82 Å². The van der Waals surface area contributed by atoms with Gasteiger partial charge < -0.3 is 39.0 Å². The molecule has 2 N–H and O–H groups in total. The number of aliphatic carboxylic acids is 1. The number of carbonyl (C=O) groups excluding carboxylic acids is 3. The van der Waals surface area contributed by atoms with Gasteiger partial charge in [0.1, 0.15) is 6.61 Å². The van der Waals surface area contributed by atoms with E-state index in [1.807, 2.05) is 0 Å². The topological polar surface area (TPSA) is 177 Å². The Kier molecular flexibility index (Phi) is 46.9. The molecule has 0 aliphatic heterocycles. The molecule has 0 amide bonds. The van der Waals surface area contributed by atoms with E-state index in [4.69, 9.17) is 19.7 Å². The molecule has 0 fully saturated rings. The molecular formula is C40H76NNa2O10P. The Morgan fingerprint density at radius 2 is 0.833 bits per heavy atom. The molecule has 0 spiro atoms. The minimum Gasteiger partial charge on any atom is -0.756 e. The number of carbonyl (C=O) groups is 3. The number of nitrogens with two attached hydrogens (primary N) is 1. The Labute approximate surface area is 373 Å². The van der Waals surface area contributed by atoms with Crippen LogP contribution in [-0.4, -0.2) is 49.9 Å². The fourth-order valence-electron chi connectivity index (χ4n) is 6.00. The number of carboxylic acids is 1. The van der Waals surface area contributed by atoms with Crippen molar-refractivity contribution in [1.82, 2.24) is 0 Å². The van der Waals surface area contributed by atoms with Crippen LogP contribution in [0.2, 0.25) is 0 Å². The van der Waals surface area contributed by atoms with Gasteiger partial charge >= 0.3 is 71.1 Å². The van der Waals surface area contributed by atoms with Crippen LogP contribution in [0.3, 0.4) is 0 Å². The van der Waals surface area contributed by atoms with E-state index in [1.165, 1.54) is 128 Å². The molecular weight excluding hydrogens is 731 g/mol. The molecule has 54 heavy (non-hydrogen) atoms. The largest absolute Gasteiger partial charge is 1.00 e. The van der Waals surface area contributed by atoms with Gasteiger partial charge in [-0.05, 0) is 12.8 Å². The maximum absolute atomic E-state index is 12.6. The van der Waals surface area contributed by atoms with Crippen LogP contribution in [0, 0.1) is 0 Å². The summed E-state index contributed by atoms with van der Waals surface area (Å²) >= 11 is 0. The van der Waals surface area contributed by atoms with E-state index in [2.05, 4.69) is 18.4 Å². The molecule has 0 rings (SSSR count). The van der Waals surface area contributed by atoms with Crippen molar-refractivity contribution in [3.8, 4) is 0 Å². The van der Waals surface area contributed by atoms with E-state index in [9.17, 15) is 28.9 Å². The van der Waals surface area contributed by atoms with Gasteiger partial charge in [0, 0.05) is 12.8 Å². The van der Waals surface area contributed by atoms with Crippen molar-refractivity contribution in [3.63, 3.8) is 0 Å². The molecule has 0 aromatic rings. The molecule has 0 heterocycles. The Hall–Kier alpha value is 0.480. The van der Waals surface area contributed by atoms with E-state index in [0.29, 0.717) is 12.8 Å². The van der Waals surface area contributed by atoms with Gasteiger partial charge in [0.2, 0.25) is 0 Å². The van der Waals surface area contributed by atoms with Crippen molar-refractivity contribution in [2.75, 3.05) is 19.8 Å². The van der Waals surface area contributed by atoms with Gasteiger partial charge in [-0.15, -0.1) is 0 Å². The van der Waals surface area contributed by atoms with E-state index < -0.39 is 51.1 Å². The quantitative estimate of drug-likeness (QED) is 0.0417. The molecule has 308 valence electrons. The second kappa shape index (κ2) is 43.1. The number of hydrogen-bond acceptors (Lipinski definition) is 11. The molecule has 0 bridgehead atoms. The summed E-state index contributed by atoms with van der Waals surface area (Å²) in [6, 6.07) is -1.67. The molecule has 0 aromatic carbocycles. The zero-order valence-corrected chi connectivity index (χ0v) is 40.0. The predicted molar refractivity (Wildman–Crippen MR) is 203 cm³/mol. The maximum atomic E-state index is 12.6. The Morgan fingerprint density at radius 3 is 1.19 bits per heavy atom. The average Bonchev–Trinajstić information content (AvgIpc) is 3.12. The van der Waals surface area contributed by atoms with E-state index >= 15 is 0 Å². The number of phosphoric ester groups is 1. The van der Waals surface area contributed by atoms with Crippen LogP contribution in [0.25, 0.3) is 0 Å². The number of esters is 2.